The number of amides is 1. The molecule has 0 aliphatic carbocycles. The van der Waals surface area contributed by atoms with Crippen LogP contribution >= 0.6 is 0 Å². The predicted octanol–water partition coefficient (Wildman–Crippen LogP) is 2.70. The first kappa shape index (κ1) is 17.9. The van der Waals surface area contributed by atoms with Gasteiger partial charge in [0.05, 0.1) is 12.5 Å². The zero-order valence-corrected chi connectivity index (χ0v) is 15.9. The van der Waals surface area contributed by atoms with Gasteiger partial charge in [-0.25, -0.2) is 4.98 Å². The molecule has 0 saturated carbocycles. The molecule has 1 aliphatic rings. The van der Waals surface area contributed by atoms with E-state index in [1.54, 1.807) is 41.2 Å². The minimum atomic E-state index is -0.155. The van der Waals surface area contributed by atoms with E-state index in [1.807, 2.05) is 4.90 Å². The number of nitriles is 1. The molecule has 10 heteroatoms. The van der Waals surface area contributed by atoms with Crippen LogP contribution in [0.1, 0.15) is 18.5 Å². The normalized spacial score (nSPS) is 14.7. The van der Waals surface area contributed by atoms with E-state index in [-0.39, 0.29) is 23.4 Å². The molecule has 30 heavy (non-hydrogen) atoms. The number of fused-ring (bicyclic) bond motifs is 1. The number of piperidine rings is 1. The van der Waals surface area contributed by atoms with Gasteiger partial charge in [0.25, 0.3) is 5.89 Å². The second kappa shape index (κ2) is 7.36. The average Bonchev–Trinajstić information content (AvgIpc) is 3.54. The summed E-state index contributed by atoms with van der Waals surface area (Å²) in [4.78, 5) is 23.1. The quantitative estimate of drug-likeness (QED) is 0.551. The first-order valence-corrected chi connectivity index (χ1v) is 9.52. The van der Waals surface area contributed by atoms with Gasteiger partial charge >= 0.3 is 0 Å². The van der Waals surface area contributed by atoms with E-state index in [0.29, 0.717) is 49.0 Å². The highest BCUT2D eigenvalue weighted by Crippen LogP contribution is 2.31. The fourth-order valence-electron chi connectivity index (χ4n) is 3.61. The van der Waals surface area contributed by atoms with Crippen molar-refractivity contribution in [1.82, 2.24) is 19.6 Å². The van der Waals surface area contributed by atoms with E-state index in [4.69, 9.17) is 8.83 Å². The highest BCUT2D eigenvalue weighted by atomic mass is 16.4. The molecule has 4 aromatic heterocycles. The van der Waals surface area contributed by atoms with Crippen LogP contribution in [0, 0.1) is 17.2 Å². The van der Waals surface area contributed by atoms with Crippen molar-refractivity contribution < 1.29 is 13.6 Å². The monoisotopic (exact) mass is 403 g/mol. The van der Waals surface area contributed by atoms with E-state index in [9.17, 15) is 10.1 Å². The first-order valence-electron chi connectivity index (χ1n) is 9.52. The van der Waals surface area contributed by atoms with Crippen molar-refractivity contribution in [1.29, 1.82) is 5.26 Å². The number of furan rings is 1. The fraction of sp³-hybridized carbons (Fsp3) is 0.250. The average molecular weight is 403 g/mol. The number of anilines is 2. The van der Waals surface area contributed by atoms with E-state index < -0.39 is 0 Å². The molecule has 150 valence electrons. The van der Waals surface area contributed by atoms with Crippen molar-refractivity contribution in [2.75, 3.05) is 23.3 Å². The SMILES string of the molecule is N#Cc1nc(-c2ccco2)oc1N1CCC(C(=O)Nc2ccnc3ccnn23)CC1. The molecular weight excluding hydrogens is 386 g/mol. The van der Waals surface area contributed by atoms with Crippen LogP contribution in [0.25, 0.3) is 17.3 Å². The van der Waals surface area contributed by atoms with Gasteiger partial charge in [-0.1, -0.05) is 0 Å². The van der Waals surface area contributed by atoms with Crippen molar-refractivity contribution in [2.45, 2.75) is 12.8 Å². The van der Waals surface area contributed by atoms with Crippen LogP contribution in [0.5, 0.6) is 0 Å². The zero-order valence-electron chi connectivity index (χ0n) is 15.9. The Labute approximate surface area is 170 Å². The lowest BCUT2D eigenvalue weighted by molar-refractivity contribution is -0.120. The Balaban J connectivity index is 1.27. The summed E-state index contributed by atoms with van der Waals surface area (Å²) in [6.07, 6.45) is 6.05. The Hall–Kier alpha value is -4.13. The Morgan fingerprint density at radius 3 is 2.87 bits per heavy atom. The van der Waals surface area contributed by atoms with E-state index in [2.05, 4.69) is 26.5 Å². The first-order chi connectivity index (χ1) is 14.7. The highest BCUT2D eigenvalue weighted by molar-refractivity contribution is 5.92. The second-order valence-electron chi connectivity index (χ2n) is 6.94. The van der Waals surface area contributed by atoms with Crippen molar-refractivity contribution in [2.24, 2.45) is 5.92 Å². The number of hydrogen-bond acceptors (Lipinski definition) is 8. The molecule has 1 saturated heterocycles. The third kappa shape index (κ3) is 3.16. The lowest BCUT2D eigenvalue weighted by atomic mass is 9.96. The van der Waals surface area contributed by atoms with Crippen molar-refractivity contribution in [3.8, 4) is 17.7 Å². The Bertz CT molecular complexity index is 1230. The lowest BCUT2D eigenvalue weighted by Gasteiger charge is -2.30. The number of carbonyl (C=O) groups excluding carboxylic acids is 1. The zero-order chi connectivity index (χ0) is 20.5. The van der Waals surface area contributed by atoms with Crippen LogP contribution in [0.3, 0.4) is 0 Å². The van der Waals surface area contributed by atoms with Gasteiger partial charge in [-0.15, -0.1) is 0 Å². The maximum atomic E-state index is 12.8. The van der Waals surface area contributed by atoms with E-state index in [1.165, 1.54) is 6.26 Å². The maximum Gasteiger partial charge on any atom is 0.266 e. The molecule has 1 aliphatic heterocycles. The summed E-state index contributed by atoms with van der Waals surface area (Å²) in [5, 5.41) is 16.6. The number of hydrogen-bond donors (Lipinski definition) is 1. The molecule has 5 heterocycles. The van der Waals surface area contributed by atoms with Gasteiger partial charge in [0.1, 0.15) is 11.9 Å². The second-order valence-corrected chi connectivity index (χ2v) is 6.94. The molecule has 5 rings (SSSR count). The molecule has 1 N–H and O–H groups in total. The molecule has 0 atom stereocenters. The van der Waals surface area contributed by atoms with Crippen LogP contribution < -0.4 is 10.2 Å². The molecular formula is C20H17N7O3. The standard InChI is InChI=1S/C20H17N7O3/c21-12-14-20(30-19(24-14)15-2-1-11-29-15)26-9-5-13(6-10-26)18(28)25-17-3-7-22-16-4-8-23-27(16)17/h1-4,7-8,11,13H,5-6,9-10H2,(H,25,28). The summed E-state index contributed by atoms with van der Waals surface area (Å²) < 4.78 is 12.7. The molecule has 0 spiro atoms. The van der Waals surface area contributed by atoms with Crippen molar-refractivity contribution in [3.05, 3.63) is 48.6 Å². The number of nitrogens with one attached hydrogen (secondary N) is 1. The Kier molecular flexibility index (Phi) is 4.40. The van der Waals surface area contributed by atoms with E-state index >= 15 is 0 Å². The maximum absolute atomic E-state index is 12.8. The van der Waals surface area contributed by atoms with Crippen LogP contribution in [-0.2, 0) is 4.79 Å². The van der Waals surface area contributed by atoms with Gasteiger partial charge in [0.15, 0.2) is 11.4 Å². The topological polar surface area (TPSA) is 125 Å². The van der Waals surface area contributed by atoms with Gasteiger partial charge < -0.3 is 19.1 Å². The molecule has 1 amide bonds. The molecule has 4 aromatic rings. The highest BCUT2D eigenvalue weighted by Gasteiger charge is 2.29. The Morgan fingerprint density at radius 2 is 2.10 bits per heavy atom. The number of nitrogens with zero attached hydrogens (tertiary/aromatic N) is 6. The minimum Gasteiger partial charge on any atom is -0.459 e. The number of rotatable bonds is 4. The smallest absolute Gasteiger partial charge is 0.266 e. The van der Waals surface area contributed by atoms with Gasteiger partial charge in [-0.2, -0.15) is 19.9 Å². The molecule has 1 fully saturated rings. The lowest BCUT2D eigenvalue weighted by Crippen LogP contribution is -2.38. The summed E-state index contributed by atoms with van der Waals surface area (Å²) in [5.74, 6) is 1.52. The molecule has 0 aromatic carbocycles. The third-order valence-electron chi connectivity index (χ3n) is 5.14. The number of aromatic nitrogens is 4. The molecule has 0 unspecified atom stereocenters. The molecule has 0 radical (unpaired) electrons. The van der Waals surface area contributed by atoms with Crippen LogP contribution in [0.2, 0.25) is 0 Å². The number of carbonyl (C=O) groups is 1. The largest absolute Gasteiger partial charge is 0.459 e. The van der Waals surface area contributed by atoms with Crippen molar-refractivity contribution >= 4 is 23.3 Å². The minimum absolute atomic E-state index is 0.0630. The summed E-state index contributed by atoms with van der Waals surface area (Å²) in [5.41, 5.74) is 0.881. The summed E-state index contributed by atoms with van der Waals surface area (Å²) >= 11 is 0. The number of oxazole rings is 1. The summed E-state index contributed by atoms with van der Waals surface area (Å²) in [6.45, 7) is 1.15. The van der Waals surface area contributed by atoms with Crippen LogP contribution in [0.4, 0.5) is 11.7 Å². The van der Waals surface area contributed by atoms with Crippen LogP contribution in [0.15, 0.2) is 51.8 Å². The van der Waals surface area contributed by atoms with Gasteiger partial charge in [0.2, 0.25) is 17.5 Å². The fourth-order valence-corrected chi connectivity index (χ4v) is 3.61. The van der Waals surface area contributed by atoms with Gasteiger partial charge in [0, 0.05) is 31.3 Å². The van der Waals surface area contributed by atoms with Gasteiger partial charge in [-0.3, -0.25) is 4.79 Å². The predicted molar refractivity (Wildman–Crippen MR) is 105 cm³/mol. The van der Waals surface area contributed by atoms with Gasteiger partial charge in [-0.05, 0) is 31.0 Å². The van der Waals surface area contributed by atoms with E-state index in [0.717, 1.165) is 0 Å². The Morgan fingerprint density at radius 1 is 1.23 bits per heavy atom. The molecule has 0 bridgehead atoms. The van der Waals surface area contributed by atoms with Crippen molar-refractivity contribution in [3.63, 3.8) is 0 Å². The molecule has 10 nitrogen and oxygen atoms in total. The summed E-state index contributed by atoms with van der Waals surface area (Å²) in [6, 6.07) is 9.02. The van der Waals surface area contributed by atoms with Crippen LogP contribution in [-0.4, -0.2) is 38.6 Å². The summed E-state index contributed by atoms with van der Waals surface area (Å²) in [7, 11) is 0. The third-order valence-corrected chi connectivity index (χ3v) is 5.14.